The van der Waals surface area contributed by atoms with E-state index in [4.69, 9.17) is 5.14 Å². The molecule has 1 aliphatic rings. The predicted octanol–water partition coefficient (Wildman–Crippen LogP) is 2.96. The molecule has 1 fully saturated rings. The van der Waals surface area contributed by atoms with Gasteiger partial charge in [0.05, 0.1) is 5.69 Å². The van der Waals surface area contributed by atoms with E-state index >= 15 is 0 Å². The predicted molar refractivity (Wildman–Crippen MR) is 82.0 cm³/mol. The second kappa shape index (κ2) is 6.59. The number of benzene rings is 1. The van der Waals surface area contributed by atoms with Crippen LogP contribution in [0.4, 0.5) is 5.69 Å². The molecule has 0 saturated heterocycles. The average Bonchev–Trinajstić information content (AvgIpc) is 2.40. The van der Waals surface area contributed by atoms with E-state index in [1.165, 1.54) is 25.7 Å². The highest BCUT2D eigenvalue weighted by Gasteiger charge is 2.18. The lowest BCUT2D eigenvalue weighted by Gasteiger charge is -2.26. The standard InChI is InChI=1S/C15H24N2O2S/c1-12-6-8-13(9-7-12)10-11-17-14-4-2-3-5-15(14)20(16,18)19/h2-5,12-13,17H,6-11H2,1H3,(H2,16,18,19). The fourth-order valence-corrected chi connectivity index (χ4v) is 3.60. The molecule has 0 heterocycles. The molecule has 0 radical (unpaired) electrons. The molecule has 5 heteroatoms. The number of hydrogen-bond donors (Lipinski definition) is 2. The molecule has 0 unspecified atom stereocenters. The lowest BCUT2D eigenvalue weighted by atomic mass is 9.81. The molecular formula is C15H24N2O2S. The first-order chi connectivity index (χ1) is 9.47. The largest absolute Gasteiger partial charge is 0.384 e. The van der Waals surface area contributed by atoms with Gasteiger partial charge >= 0.3 is 0 Å². The first-order valence-corrected chi connectivity index (χ1v) is 8.87. The van der Waals surface area contributed by atoms with Gasteiger partial charge in [0.2, 0.25) is 10.0 Å². The third-order valence-corrected chi connectivity index (χ3v) is 5.17. The third-order valence-electron chi connectivity index (χ3n) is 4.20. The van der Waals surface area contributed by atoms with E-state index in [2.05, 4.69) is 12.2 Å². The lowest BCUT2D eigenvalue weighted by Crippen LogP contribution is -2.18. The quantitative estimate of drug-likeness (QED) is 0.877. The lowest BCUT2D eigenvalue weighted by molar-refractivity contribution is 0.282. The maximum absolute atomic E-state index is 11.5. The Labute approximate surface area is 121 Å². The molecule has 112 valence electrons. The Hall–Kier alpha value is -1.07. The van der Waals surface area contributed by atoms with Gasteiger partial charge in [-0.05, 0) is 30.4 Å². The summed E-state index contributed by atoms with van der Waals surface area (Å²) in [5.74, 6) is 1.63. The van der Waals surface area contributed by atoms with Crippen LogP contribution in [0.5, 0.6) is 0 Å². The van der Waals surface area contributed by atoms with Crippen LogP contribution < -0.4 is 10.5 Å². The Bertz CT molecular complexity index is 535. The number of nitrogens with one attached hydrogen (secondary N) is 1. The topological polar surface area (TPSA) is 72.2 Å². The van der Waals surface area contributed by atoms with Crippen molar-refractivity contribution in [2.24, 2.45) is 17.0 Å². The third kappa shape index (κ3) is 4.21. The first kappa shape index (κ1) is 15.3. The van der Waals surface area contributed by atoms with Gasteiger partial charge in [-0.25, -0.2) is 13.6 Å². The molecule has 1 aliphatic carbocycles. The molecular weight excluding hydrogens is 272 g/mol. The van der Waals surface area contributed by atoms with E-state index in [-0.39, 0.29) is 4.90 Å². The van der Waals surface area contributed by atoms with Crippen molar-refractivity contribution in [3.05, 3.63) is 24.3 Å². The average molecular weight is 296 g/mol. The summed E-state index contributed by atoms with van der Waals surface area (Å²) in [5.41, 5.74) is 0.610. The van der Waals surface area contributed by atoms with Crippen molar-refractivity contribution < 1.29 is 8.42 Å². The smallest absolute Gasteiger partial charge is 0.240 e. The Morgan fingerprint density at radius 1 is 1.20 bits per heavy atom. The molecule has 1 saturated carbocycles. The maximum atomic E-state index is 11.5. The highest BCUT2D eigenvalue weighted by Crippen LogP contribution is 2.30. The van der Waals surface area contributed by atoms with Gasteiger partial charge < -0.3 is 5.32 Å². The number of rotatable bonds is 5. The van der Waals surface area contributed by atoms with Gasteiger partial charge in [0.25, 0.3) is 0 Å². The summed E-state index contributed by atoms with van der Waals surface area (Å²) in [6.07, 6.45) is 6.31. The Kier molecular flexibility index (Phi) is 5.05. The van der Waals surface area contributed by atoms with Crippen LogP contribution in [0.2, 0.25) is 0 Å². The molecule has 3 N–H and O–H groups in total. The SMILES string of the molecule is CC1CCC(CCNc2ccccc2S(N)(=O)=O)CC1. The summed E-state index contributed by atoms with van der Waals surface area (Å²) in [4.78, 5) is 0.178. The van der Waals surface area contributed by atoms with Crippen LogP contribution in [0.1, 0.15) is 39.0 Å². The zero-order chi connectivity index (χ0) is 14.6. The highest BCUT2D eigenvalue weighted by atomic mass is 32.2. The van der Waals surface area contributed by atoms with Crippen molar-refractivity contribution in [1.29, 1.82) is 0 Å². The van der Waals surface area contributed by atoms with E-state index in [1.54, 1.807) is 18.2 Å². The summed E-state index contributed by atoms with van der Waals surface area (Å²) < 4.78 is 23.0. The molecule has 0 amide bonds. The first-order valence-electron chi connectivity index (χ1n) is 7.32. The fraction of sp³-hybridized carbons (Fsp3) is 0.600. The zero-order valence-electron chi connectivity index (χ0n) is 12.0. The Morgan fingerprint density at radius 2 is 1.85 bits per heavy atom. The molecule has 0 aromatic heterocycles. The molecule has 0 bridgehead atoms. The van der Waals surface area contributed by atoms with Crippen LogP contribution in [0.25, 0.3) is 0 Å². The van der Waals surface area contributed by atoms with Crippen LogP contribution in [0.3, 0.4) is 0 Å². The second-order valence-corrected chi connectivity index (χ2v) is 7.41. The van der Waals surface area contributed by atoms with Crippen molar-refractivity contribution in [3.8, 4) is 0 Å². The van der Waals surface area contributed by atoms with Crippen LogP contribution >= 0.6 is 0 Å². The van der Waals surface area contributed by atoms with E-state index in [1.807, 2.05) is 6.07 Å². The molecule has 0 atom stereocenters. The van der Waals surface area contributed by atoms with E-state index < -0.39 is 10.0 Å². The summed E-state index contributed by atoms with van der Waals surface area (Å²) in [6, 6.07) is 6.81. The molecule has 0 aliphatic heterocycles. The van der Waals surface area contributed by atoms with Crippen molar-refractivity contribution >= 4 is 15.7 Å². The van der Waals surface area contributed by atoms with Crippen LogP contribution in [-0.4, -0.2) is 15.0 Å². The second-order valence-electron chi connectivity index (χ2n) is 5.88. The van der Waals surface area contributed by atoms with Gasteiger partial charge in [0, 0.05) is 6.54 Å². The van der Waals surface area contributed by atoms with Gasteiger partial charge in [0.1, 0.15) is 4.90 Å². The molecule has 20 heavy (non-hydrogen) atoms. The van der Waals surface area contributed by atoms with Crippen molar-refractivity contribution in [3.63, 3.8) is 0 Å². The minimum absolute atomic E-state index is 0.178. The highest BCUT2D eigenvalue weighted by molar-refractivity contribution is 7.89. The zero-order valence-corrected chi connectivity index (χ0v) is 12.8. The summed E-state index contributed by atoms with van der Waals surface area (Å²) in [6.45, 7) is 3.11. The Balaban J connectivity index is 1.89. The molecule has 4 nitrogen and oxygen atoms in total. The molecule has 1 aromatic rings. The van der Waals surface area contributed by atoms with E-state index in [9.17, 15) is 8.42 Å². The van der Waals surface area contributed by atoms with Gasteiger partial charge in [-0.3, -0.25) is 0 Å². The number of hydrogen-bond acceptors (Lipinski definition) is 3. The fourth-order valence-electron chi connectivity index (χ4n) is 2.89. The molecule has 0 spiro atoms. The number of sulfonamides is 1. The summed E-state index contributed by atoms with van der Waals surface area (Å²) >= 11 is 0. The van der Waals surface area contributed by atoms with Gasteiger partial charge in [-0.1, -0.05) is 44.7 Å². The van der Waals surface area contributed by atoms with E-state index in [0.29, 0.717) is 5.69 Å². The number of anilines is 1. The summed E-state index contributed by atoms with van der Waals surface area (Å²) in [5, 5.41) is 8.44. The van der Waals surface area contributed by atoms with Crippen LogP contribution in [0, 0.1) is 11.8 Å². The normalized spacial score (nSPS) is 23.5. The van der Waals surface area contributed by atoms with Crippen LogP contribution in [0.15, 0.2) is 29.2 Å². The van der Waals surface area contributed by atoms with Crippen molar-refractivity contribution in [2.75, 3.05) is 11.9 Å². The molecule has 2 rings (SSSR count). The number of nitrogens with two attached hydrogens (primary N) is 1. The number of primary sulfonamides is 1. The van der Waals surface area contributed by atoms with Gasteiger partial charge in [-0.2, -0.15) is 0 Å². The maximum Gasteiger partial charge on any atom is 0.240 e. The monoisotopic (exact) mass is 296 g/mol. The van der Waals surface area contributed by atoms with Gasteiger partial charge in [-0.15, -0.1) is 0 Å². The van der Waals surface area contributed by atoms with Crippen LogP contribution in [-0.2, 0) is 10.0 Å². The summed E-state index contributed by atoms with van der Waals surface area (Å²) in [7, 11) is -3.66. The van der Waals surface area contributed by atoms with Gasteiger partial charge in [0.15, 0.2) is 0 Å². The number of para-hydroxylation sites is 1. The van der Waals surface area contributed by atoms with E-state index in [0.717, 1.165) is 24.8 Å². The minimum atomic E-state index is -3.66. The Morgan fingerprint density at radius 3 is 2.50 bits per heavy atom. The van der Waals surface area contributed by atoms with Crippen molar-refractivity contribution in [1.82, 2.24) is 0 Å². The molecule has 1 aromatic carbocycles. The minimum Gasteiger partial charge on any atom is -0.384 e. The van der Waals surface area contributed by atoms with Crippen molar-refractivity contribution in [2.45, 2.75) is 43.9 Å².